The predicted octanol–water partition coefficient (Wildman–Crippen LogP) is 4.27. The van der Waals surface area contributed by atoms with Gasteiger partial charge in [0.15, 0.2) is 0 Å². The fourth-order valence-electron chi connectivity index (χ4n) is 6.33. The Hall–Kier alpha value is -2.85. The zero-order valence-corrected chi connectivity index (χ0v) is 27.8. The van der Waals surface area contributed by atoms with Crippen molar-refractivity contribution in [1.29, 1.82) is 0 Å². The maximum atomic E-state index is 13.4. The van der Waals surface area contributed by atoms with Gasteiger partial charge in [0.1, 0.15) is 16.7 Å². The van der Waals surface area contributed by atoms with Crippen molar-refractivity contribution in [2.45, 2.75) is 142 Å². The van der Waals surface area contributed by atoms with E-state index >= 15 is 0 Å². The second-order valence-corrected chi connectivity index (χ2v) is 14.9. The molecule has 0 radical (unpaired) electrons. The number of rotatable bonds is 12. The Balaban J connectivity index is 2.01. The van der Waals surface area contributed by atoms with Gasteiger partial charge in [0.25, 0.3) is 0 Å². The fourth-order valence-corrected chi connectivity index (χ4v) is 6.33. The maximum Gasteiger partial charge on any atom is 0.407 e. The molecule has 2 aliphatic rings. The third-order valence-corrected chi connectivity index (χ3v) is 8.70. The smallest absolute Gasteiger partial charge is 0.407 e. The van der Waals surface area contributed by atoms with E-state index in [1.165, 1.54) is 7.11 Å². The Kier molecular flexibility index (Phi) is 12.5. The number of esters is 1. The summed E-state index contributed by atoms with van der Waals surface area (Å²) in [6, 6.07) is 0. The van der Waals surface area contributed by atoms with Gasteiger partial charge in [-0.1, -0.05) is 38.5 Å². The van der Waals surface area contributed by atoms with Crippen LogP contribution in [0.15, 0.2) is 0 Å². The summed E-state index contributed by atoms with van der Waals surface area (Å²) in [5, 5.41) is 11.6. The summed E-state index contributed by atoms with van der Waals surface area (Å²) >= 11 is 0. The van der Waals surface area contributed by atoms with Crippen molar-refractivity contribution in [2.24, 2.45) is 10.8 Å². The highest BCUT2D eigenvalue weighted by Gasteiger charge is 2.41. The van der Waals surface area contributed by atoms with Gasteiger partial charge in [0, 0.05) is 25.9 Å². The fraction of sp³-hybridized carbons (Fsp3) is 0.844. The predicted molar refractivity (Wildman–Crippen MR) is 164 cm³/mol. The number of carbonyl (C=O) groups is 5. The number of hydrogen-bond donors (Lipinski definition) is 4. The highest BCUT2D eigenvalue weighted by molar-refractivity contribution is 5.91. The standard InChI is InChI=1S/C32H56N4O7/c1-28(2,3)43-27(41)34-22-32(17-13-10-14-18-32)19-23(37)35-29(4,5)25(39)33-21-31(15-11-9-12-16-31)20-24(38)36-30(6,7)26(40)42-8/h9-22H2,1-8H3,(H,33,39)(H,34,41)(H,35,37)(H,36,38). The highest BCUT2D eigenvalue weighted by Crippen LogP contribution is 2.40. The van der Waals surface area contributed by atoms with Crippen molar-refractivity contribution in [2.75, 3.05) is 20.2 Å². The number of hydrogen-bond acceptors (Lipinski definition) is 7. The highest BCUT2D eigenvalue weighted by atomic mass is 16.6. The Morgan fingerprint density at radius 3 is 1.47 bits per heavy atom. The molecule has 11 heteroatoms. The molecule has 4 amide bonds. The molecule has 4 N–H and O–H groups in total. The van der Waals surface area contributed by atoms with Gasteiger partial charge >= 0.3 is 12.1 Å². The van der Waals surface area contributed by atoms with Crippen molar-refractivity contribution in [3.05, 3.63) is 0 Å². The van der Waals surface area contributed by atoms with E-state index in [0.717, 1.165) is 64.2 Å². The minimum Gasteiger partial charge on any atom is -0.467 e. The maximum absolute atomic E-state index is 13.4. The van der Waals surface area contributed by atoms with Crippen LogP contribution in [0.3, 0.4) is 0 Å². The van der Waals surface area contributed by atoms with Gasteiger partial charge in [0.05, 0.1) is 7.11 Å². The lowest BCUT2D eigenvalue weighted by Gasteiger charge is -2.39. The van der Waals surface area contributed by atoms with Crippen LogP contribution in [0.4, 0.5) is 4.79 Å². The third kappa shape index (κ3) is 11.6. The van der Waals surface area contributed by atoms with E-state index < -0.39 is 39.6 Å². The van der Waals surface area contributed by atoms with Gasteiger partial charge in [-0.25, -0.2) is 9.59 Å². The molecule has 0 bridgehead atoms. The van der Waals surface area contributed by atoms with Gasteiger partial charge in [-0.2, -0.15) is 0 Å². The van der Waals surface area contributed by atoms with Crippen LogP contribution in [0.25, 0.3) is 0 Å². The summed E-state index contributed by atoms with van der Waals surface area (Å²) < 4.78 is 10.2. The number of ether oxygens (including phenoxy) is 2. The number of amides is 4. The minimum absolute atomic E-state index is 0.174. The second-order valence-electron chi connectivity index (χ2n) is 14.9. The van der Waals surface area contributed by atoms with Crippen molar-refractivity contribution < 1.29 is 33.4 Å². The van der Waals surface area contributed by atoms with Crippen LogP contribution in [0, 0.1) is 10.8 Å². The molecule has 2 saturated carbocycles. The van der Waals surface area contributed by atoms with Gasteiger partial charge < -0.3 is 30.7 Å². The lowest BCUT2D eigenvalue weighted by atomic mass is 9.71. The van der Waals surface area contributed by atoms with Gasteiger partial charge in [0.2, 0.25) is 17.7 Å². The lowest BCUT2D eigenvalue weighted by Crippen LogP contribution is -2.57. The van der Waals surface area contributed by atoms with Crippen molar-refractivity contribution in [1.82, 2.24) is 21.3 Å². The zero-order chi connectivity index (χ0) is 32.5. The summed E-state index contributed by atoms with van der Waals surface area (Å²) in [5.41, 5.74) is -3.79. The first kappa shape index (κ1) is 36.3. The van der Waals surface area contributed by atoms with Crippen LogP contribution in [-0.4, -0.2) is 66.7 Å². The average molecular weight is 609 g/mol. The molecule has 0 spiro atoms. The van der Waals surface area contributed by atoms with E-state index in [4.69, 9.17) is 9.47 Å². The molecule has 0 aromatic carbocycles. The Bertz CT molecular complexity index is 1000. The lowest BCUT2D eigenvalue weighted by molar-refractivity contribution is -0.149. The third-order valence-electron chi connectivity index (χ3n) is 8.70. The Morgan fingerprint density at radius 2 is 1.05 bits per heavy atom. The molecule has 0 saturated heterocycles. The summed E-state index contributed by atoms with van der Waals surface area (Å²) in [6.07, 6.45) is 9.02. The van der Waals surface area contributed by atoms with Crippen molar-refractivity contribution >= 4 is 29.8 Å². The van der Waals surface area contributed by atoms with Crippen LogP contribution in [0.2, 0.25) is 0 Å². The van der Waals surface area contributed by atoms with Crippen LogP contribution < -0.4 is 21.3 Å². The molecule has 0 aromatic heterocycles. The molecule has 2 rings (SSSR count). The molecule has 0 heterocycles. The van der Waals surface area contributed by atoms with Crippen LogP contribution in [0.5, 0.6) is 0 Å². The largest absolute Gasteiger partial charge is 0.467 e. The molecule has 2 aliphatic carbocycles. The zero-order valence-electron chi connectivity index (χ0n) is 27.8. The molecule has 0 aromatic rings. The average Bonchev–Trinajstić information content (AvgIpc) is 2.89. The summed E-state index contributed by atoms with van der Waals surface area (Å²) in [6.45, 7) is 12.6. The molecular weight excluding hydrogens is 552 g/mol. The summed E-state index contributed by atoms with van der Waals surface area (Å²) in [5.74, 6) is -1.37. The first-order chi connectivity index (χ1) is 19.8. The molecule has 0 atom stereocenters. The Morgan fingerprint density at radius 1 is 0.628 bits per heavy atom. The van der Waals surface area contributed by atoms with Crippen molar-refractivity contribution in [3.63, 3.8) is 0 Å². The normalized spacial score (nSPS) is 18.5. The number of methoxy groups -OCH3 is 1. The van der Waals surface area contributed by atoms with Crippen LogP contribution in [-0.2, 0) is 28.7 Å². The van der Waals surface area contributed by atoms with E-state index in [-0.39, 0.29) is 30.6 Å². The van der Waals surface area contributed by atoms with Gasteiger partial charge in [-0.05, 0) is 85.0 Å². The number of nitrogens with one attached hydrogen (secondary N) is 4. The summed E-state index contributed by atoms with van der Waals surface area (Å²) in [4.78, 5) is 64.1. The molecule has 0 unspecified atom stereocenters. The van der Waals surface area contributed by atoms with E-state index in [9.17, 15) is 24.0 Å². The molecule has 246 valence electrons. The second kappa shape index (κ2) is 14.8. The quantitative estimate of drug-likeness (QED) is 0.242. The first-order valence-corrected chi connectivity index (χ1v) is 15.8. The SMILES string of the molecule is COC(=O)C(C)(C)NC(=O)CC1(CNC(=O)C(C)(C)NC(=O)CC2(CNC(=O)OC(C)(C)C)CCCCC2)CCCCC1. The molecule has 2 fully saturated rings. The Labute approximate surface area is 257 Å². The van der Waals surface area contributed by atoms with Gasteiger partial charge in [-0.15, -0.1) is 0 Å². The van der Waals surface area contributed by atoms with E-state index in [0.29, 0.717) is 13.1 Å². The topological polar surface area (TPSA) is 152 Å². The van der Waals surface area contributed by atoms with Crippen LogP contribution >= 0.6 is 0 Å². The number of alkyl carbamates (subject to hydrolysis) is 1. The first-order valence-electron chi connectivity index (χ1n) is 15.8. The molecule has 11 nitrogen and oxygen atoms in total. The van der Waals surface area contributed by atoms with Crippen molar-refractivity contribution in [3.8, 4) is 0 Å². The molecule has 0 aliphatic heterocycles. The monoisotopic (exact) mass is 608 g/mol. The van der Waals surface area contributed by atoms with Crippen LogP contribution in [0.1, 0.15) is 126 Å². The summed E-state index contributed by atoms with van der Waals surface area (Å²) in [7, 11) is 1.28. The minimum atomic E-state index is -1.18. The van der Waals surface area contributed by atoms with E-state index in [2.05, 4.69) is 21.3 Å². The van der Waals surface area contributed by atoms with E-state index in [1.807, 2.05) is 0 Å². The molecular formula is C32H56N4O7. The molecule has 43 heavy (non-hydrogen) atoms. The number of carbonyl (C=O) groups excluding carboxylic acids is 5. The van der Waals surface area contributed by atoms with E-state index in [1.54, 1.807) is 48.5 Å². The van der Waals surface area contributed by atoms with Gasteiger partial charge in [-0.3, -0.25) is 14.4 Å².